The fraction of sp³-hybridized carbons (Fsp3) is 0.533. The lowest BCUT2D eigenvalue weighted by Crippen LogP contribution is -2.36. The molecular weight excluding hydrogens is 304 g/mol. The highest BCUT2D eigenvalue weighted by atomic mass is 79.9. The number of amides is 1. The number of anilines is 1. The first-order valence-electron chi connectivity index (χ1n) is 7.03. The fourth-order valence-electron chi connectivity index (χ4n) is 2.47. The van der Waals surface area contributed by atoms with E-state index in [0.717, 1.165) is 23.0 Å². The zero-order chi connectivity index (χ0) is 13.5. The van der Waals surface area contributed by atoms with Crippen molar-refractivity contribution in [2.24, 2.45) is 0 Å². The van der Waals surface area contributed by atoms with Crippen LogP contribution in [0.1, 0.15) is 38.5 Å². The molecule has 1 amide bonds. The van der Waals surface area contributed by atoms with Crippen LogP contribution in [0, 0.1) is 0 Å². The molecule has 1 aromatic carbocycles. The summed E-state index contributed by atoms with van der Waals surface area (Å²) < 4.78 is 1.05. The zero-order valence-corrected chi connectivity index (χ0v) is 12.7. The molecule has 3 nitrogen and oxygen atoms in total. The van der Waals surface area contributed by atoms with Gasteiger partial charge in [0.05, 0.1) is 0 Å². The van der Waals surface area contributed by atoms with Gasteiger partial charge in [0.1, 0.15) is 0 Å². The highest BCUT2D eigenvalue weighted by molar-refractivity contribution is 9.10. The van der Waals surface area contributed by atoms with Gasteiger partial charge in [-0.25, -0.2) is 0 Å². The summed E-state index contributed by atoms with van der Waals surface area (Å²) in [5.74, 6) is 0.161. The van der Waals surface area contributed by atoms with Crippen molar-refractivity contribution < 1.29 is 4.79 Å². The molecule has 19 heavy (non-hydrogen) atoms. The van der Waals surface area contributed by atoms with Gasteiger partial charge in [0.15, 0.2) is 0 Å². The van der Waals surface area contributed by atoms with Crippen LogP contribution < -0.4 is 10.6 Å². The van der Waals surface area contributed by atoms with Gasteiger partial charge in [-0.05, 0) is 31.0 Å². The predicted molar refractivity (Wildman–Crippen MR) is 82.3 cm³/mol. The molecule has 104 valence electrons. The molecule has 4 heteroatoms. The van der Waals surface area contributed by atoms with Gasteiger partial charge in [-0.2, -0.15) is 0 Å². The van der Waals surface area contributed by atoms with Crippen LogP contribution in [-0.4, -0.2) is 18.5 Å². The van der Waals surface area contributed by atoms with E-state index in [4.69, 9.17) is 0 Å². The van der Waals surface area contributed by atoms with Crippen molar-refractivity contribution in [2.75, 3.05) is 11.9 Å². The van der Waals surface area contributed by atoms with Gasteiger partial charge in [0, 0.05) is 29.2 Å². The van der Waals surface area contributed by atoms with Crippen LogP contribution in [0.5, 0.6) is 0 Å². The molecule has 0 spiro atoms. The minimum atomic E-state index is 0.161. The van der Waals surface area contributed by atoms with Gasteiger partial charge in [-0.1, -0.05) is 41.3 Å². The van der Waals surface area contributed by atoms with Crippen LogP contribution in [0.3, 0.4) is 0 Å². The van der Waals surface area contributed by atoms with Crippen LogP contribution in [0.4, 0.5) is 5.69 Å². The normalized spacial score (nSPS) is 16.1. The maximum atomic E-state index is 11.8. The third-order valence-corrected chi connectivity index (χ3v) is 3.97. The zero-order valence-electron chi connectivity index (χ0n) is 11.1. The number of carbonyl (C=O) groups is 1. The van der Waals surface area contributed by atoms with Gasteiger partial charge >= 0.3 is 0 Å². The molecule has 0 aromatic heterocycles. The molecule has 0 aliphatic heterocycles. The van der Waals surface area contributed by atoms with Gasteiger partial charge < -0.3 is 10.6 Å². The number of benzene rings is 1. The molecule has 1 fully saturated rings. The molecule has 2 rings (SSSR count). The summed E-state index contributed by atoms with van der Waals surface area (Å²) in [6, 6.07) is 8.39. The van der Waals surface area contributed by atoms with E-state index < -0.39 is 0 Å². The number of carbonyl (C=O) groups excluding carboxylic acids is 1. The first-order chi connectivity index (χ1) is 9.24. The standard InChI is InChI=1S/C15H21BrN2O/c16-12-5-4-8-14(11-12)17-10-9-15(19)18-13-6-2-1-3-7-13/h4-5,8,11,13,17H,1-3,6-7,9-10H2,(H,18,19). The number of rotatable bonds is 5. The second-order valence-electron chi connectivity index (χ2n) is 5.09. The topological polar surface area (TPSA) is 41.1 Å². The van der Waals surface area contributed by atoms with Crippen molar-refractivity contribution in [3.8, 4) is 0 Å². The van der Waals surface area contributed by atoms with Crippen molar-refractivity contribution in [3.05, 3.63) is 28.7 Å². The molecule has 1 aromatic rings. The molecule has 1 aliphatic rings. The summed E-state index contributed by atoms with van der Waals surface area (Å²) in [5.41, 5.74) is 1.04. The van der Waals surface area contributed by atoms with E-state index in [0.29, 0.717) is 19.0 Å². The van der Waals surface area contributed by atoms with Gasteiger partial charge in [-0.15, -0.1) is 0 Å². The van der Waals surface area contributed by atoms with E-state index in [1.165, 1.54) is 19.3 Å². The van der Waals surface area contributed by atoms with Crippen molar-refractivity contribution in [1.29, 1.82) is 0 Å². The summed E-state index contributed by atoms with van der Waals surface area (Å²) in [7, 11) is 0. The molecule has 0 bridgehead atoms. The van der Waals surface area contributed by atoms with Crippen molar-refractivity contribution in [3.63, 3.8) is 0 Å². The monoisotopic (exact) mass is 324 g/mol. The van der Waals surface area contributed by atoms with Gasteiger partial charge in [0.25, 0.3) is 0 Å². The molecular formula is C15H21BrN2O. The second-order valence-corrected chi connectivity index (χ2v) is 6.01. The molecule has 2 N–H and O–H groups in total. The Morgan fingerprint density at radius 1 is 1.26 bits per heavy atom. The molecule has 0 saturated heterocycles. The summed E-state index contributed by atoms with van der Waals surface area (Å²) in [6.45, 7) is 0.676. The predicted octanol–water partition coefficient (Wildman–Crippen LogP) is 3.70. The average molecular weight is 325 g/mol. The Balaban J connectivity index is 1.66. The summed E-state index contributed by atoms with van der Waals surface area (Å²) >= 11 is 3.43. The van der Waals surface area contributed by atoms with Crippen molar-refractivity contribution in [2.45, 2.75) is 44.6 Å². The molecule has 1 saturated carbocycles. The third kappa shape index (κ3) is 5.23. The van der Waals surface area contributed by atoms with E-state index in [2.05, 4.69) is 26.6 Å². The largest absolute Gasteiger partial charge is 0.384 e. The SMILES string of the molecule is O=C(CCNc1cccc(Br)c1)NC1CCCCC1. The fourth-order valence-corrected chi connectivity index (χ4v) is 2.86. The maximum absolute atomic E-state index is 11.8. The van der Waals surface area contributed by atoms with E-state index in [-0.39, 0.29) is 5.91 Å². The first-order valence-corrected chi connectivity index (χ1v) is 7.82. The van der Waals surface area contributed by atoms with Crippen LogP contribution in [0.15, 0.2) is 28.7 Å². The molecule has 0 unspecified atom stereocenters. The highest BCUT2D eigenvalue weighted by Crippen LogP contribution is 2.17. The Labute approximate surface area is 123 Å². The average Bonchev–Trinajstić information content (AvgIpc) is 2.40. The summed E-state index contributed by atoms with van der Waals surface area (Å²) in [4.78, 5) is 11.8. The van der Waals surface area contributed by atoms with E-state index in [1.54, 1.807) is 0 Å². The first kappa shape index (κ1) is 14.4. The maximum Gasteiger partial charge on any atom is 0.221 e. The van der Waals surface area contributed by atoms with Crippen LogP contribution >= 0.6 is 15.9 Å². The minimum Gasteiger partial charge on any atom is -0.384 e. The Morgan fingerprint density at radius 3 is 2.79 bits per heavy atom. The van der Waals surface area contributed by atoms with Crippen LogP contribution in [0.2, 0.25) is 0 Å². The number of hydrogen-bond donors (Lipinski definition) is 2. The Bertz CT molecular complexity index is 416. The molecule has 0 heterocycles. The molecule has 0 radical (unpaired) electrons. The Hall–Kier alpha value is -1.03. The van der Waals surface area contributed by atoms with Gasteiger partial charge in [0.2, 0.25) is 5.91 Å². The summed E-state index contributed by atoms with van der Waals surface area (Å²) in [6.07, 6.45) is 6.64. The van der Waals surface area contributed by atoms with Crippen molar-refractivity contribution in [1.82, 2.24) is 5.32 Å². The quantitative estimate of drug-likeness (QED) is 0.867. The molecule has 0 atom stereocenters. The third-order valence-electron chi connectivity index (χ3n) is 3.48. The lowest BCUT2D eigenvalue weighted by atomic mass is 9.95. The number of nitrogens with one attached hydrogen (secondary N) is 2. The Kier molecular flexibility index (Phi) is 5.70. The highest BCUT2D eigenvalue weighted by Gasteiger charge is 2.15. The van der Waals surface area contributed by atoms with E-state index in [1.807, 2.05) is 24.3 Å². The minimum absolute atomic E-state index is 0.161. The van der Waals surface area contributed by atoms with Crippen molar-refractivity contribution >= 4 is 27.5 Å². The summed E-state index contributed by atoms with van der Waals surface area (Å²) in [5, 5.41) is 6.39. The number of halogens is 1. The number of hydrogen-bond acceptors (Lipinski definition) is 2. The lowest BCUT2D eigenvalue weighted by molar-refractivity contribution is -0.121. The van der Waals surface area contributed by atoms with Crippen LogP contribution in [0.25, 0.3) is 0 Å². The van der Waals surface area contributed by atoms with E-state index >= 15 is 0 Å². The van der Waals surface area contributed by atoms with E-state index in [9.17, 15) is 4.79 Å². The van der Waals surface area contributed by atoms with Crippen LogP contribution in [-0.2, 0) is 4.79 Å². The lowest BCUT2D eigenvalue weighted by Gasteiger charge is -2.22. The second kappa shape index (κ2) is 7.53. The Morgan fingerprint density at radius 2 is 2.05 bits per heavy atom. The smallest absolute Gasteiger partial charge is 0.221 e. The van der Waals surface area contributed by atoms with Gasteiger partial charge in [-0.3, -0.25) is 4.79 Å². The molecule has 1 aliphatic carbocycles.